The molecule has 0 unspecified atom stereocenters. The van der Waals surface area contributed by atoms with Crippen LogP contribution in [0.2, 0.25) is 0 Å². The second-order valence-corrected chi connectivity index (χ2v) is 3.36. The van der Waals surface area contributed by atoms with Crippen LogP contribution in [-0.4, -0.2) is 17.1 Å². The molecule has 4 nitrogen and oxygen atoms in total. The number of nitrogens with one attached hydrogen (secondary N) is 1. The Labute approximate surface area is 100.0 Å². The van der Waals surface area contributed by atoms with Crippen LogP contribution in [0, 0.1) is 0 Å². The maximum absolute atomic E-state index is 5.08. The number of rotatable bonds is 4. The van der Waals surface area contributed by atoms with Gasteiger partial charge in [-0.2, -0.15) is 0 Å². The van der Waals surface area contributed by atoms with Gasteiger partial charge in [-0.1, -0.05) is 6.58 Å². The molecule has 0 spiro atoms. The fourth-order valence-corrected chi connectivity index (χ4v) is 1.35. The van der Waals surface area contributed by atoms with Gasteiger partial charge in [0, 0.05) is 11.9 Å². The van der Waals surface area contributed by atoms with Gasteiger partial charge < -0.3 is 10.1 Å². The van der Waals surface area contributed by atoms with E-state index in [2.05, 4.69) is 21.9 Å². The molecule has 86 valence electrons. The Kier molecular flexibility index (Phi) is 3.35. The van der Waals surface area contributed by atoms with E-state index >= 15 is 0 Å². The highest BCUT2D eigenvalue weighted by molar-refractivity contribution is 5.55. The van der Waals surface area contributed by atoms with E-state index in [9.17, 15) is 0 Å². The molecule has 1 aromatic heterocycles. The maximum atomic E-state index is 5.08. The van der Waals surface area contributed by atoms with Gasteiger partial charge in [0.05, 0.1) is 12.8 Å². The molecule has 1 N–H and O–H groups in total. The number of aromatic nitrogens is 2. The molecule has 0 aliphatic heterocycles. The van der Waals surface area contributed by atoms with E-state index in [-0.39, 0.29) is 0 Å². The average molecular weight is 227 g/mol. The predicted molar refractivity (Wildman–Crippen MR) is 68.4 cm³/mol. The minimum atomic E-state index is 0.549. The number of ether oxygens (including phenoxy) is 1. The molecular formula is C13H13N3O. The number of anilines is 2. The van der Waals surface area contributed by atoms with Crippen LogP contribution in [0.15, 0.2) is 43.1 Å². The molecule has 0 saturated carbocycles. The summed E-state index contributed by atoms with van der Waals surface area (Å²) in [6, 6.07) is 9.36. The summed E-state index contributed by atoms with van der Waals surface area (Å²) >= 11 is 0. The van der Waals surface area contributed by atoms with Gasteiger partial charge in [0.25, 0.3) is 0 Å². The normalized spacial score (nSPS) is 9.71. The van der Waals surface area contributed by atoms with E-state index in [0.717, 1.165) is 17.1 Å². The summed E-state index contributed by atoms with van der Waals surface area (Å²) in [5.74, 6) is 1.36. The zero-order chi connectivity index (χ0) is 12.1. The molecule has 0 saturated heterocycles. The smallest absolute Gasteiger partial charge is 0.227 e. The van der Waals surface area contributed by atoms with E-state index in [1.807, 2.05) is 24.3 Å². The molecular weight excluding hydrogens is 214 g/mol. The number of nitrogens with zero attached hydrogens (tertiary/aromatic N) is 2. The number of benzene rings is 1. The topological polar surface area (TPSA) is 47.0 Å². The summed E-state index contributed by atoms with van der Waals surface area (Å²) in [4.78, 5) is 8.38. The third-order valence-corrected chi connectivity index (χ3v) is 2.23. The molecule has 0 aliphatic carbocycles. The third kappa shape index (κ3) is 2.81. The monoisotopic (exact) mass is 227 g/mol. The maximum Gasteiger partial charge on any atom is 0.227 e. The fourth-order valence-electron chi connectivity index (χ4n) is 1.35. The van der Waals surface area contributed by atoms with Crippen molar-refractivity contribution in [2.45, 2.75) is 0 Å². The van der Waals surface area contributed by atoms with Crippen LogP contribution in [0.25, 0.3) is 6.08 Å². The van der Waals surface area contributed by atoms with Crippen molar-refractivity contribution >= 4 is 17.7 Å². The highest BCUT2D eigenvalue weighted by Crippen LogP contribution is 2.17. The van der Waals surface area contributed by atoms with E-state index < -0.39 is 0 Å². The van der Waals surface area contributed by atoms with Crippen molar-refractivity contribution in [1.29, 1.82) is 0 Å². The minimum absolute atomic E-state index is 0.549. The predicted octanol–water partition coefficient (Wildman–Crippen LogP) is 2.87. The lowest BCUT2D eigenvalue weighted by Gasteiger charge is -2.06. The second kappa shape index (κ2) is 5.12. The standard InChI is InChI=1S/C13H13N3O/c1-3-10-8-9-14-13(15-10)16-11-4-6-12(17-2)7-5-11/h3-9H,1H2,2H3,(H,14,15,16). The van der Waals surface area contributed by atoms with Crippen molar-refractivity contribution in [1.82, 2.24) is 9.97 Å². The fraction of sp³-hybridized carbons (Fsp3) is 0.0769. The summed E-state index contributed by atoms with van der Waals surface area (Å²) in [6.07, 6.45) is 3.37. The Morgan fingerprint density at radius 1 is 1.24 bits per heavy atom. The van der Waals surface area contributed by atoms with Crippen LogP contribution in [0.5, 0.6) is 5.75 Å². The highest BCUT2D eigenvalue weighted by atomic mass is 16.5. The van der Waals surface area contributed by atoms with Crippen molar-refractivity contribution < 1.29 is 4.74 Å². The van der Waals surface area contributed by atoms with E-state index in [0.29, 0.717) is 5.95 Å². The Bertz CT molecular complexity index is 508. The molecule has 0 bridgehead atoms. The molecule has 4 heteroatoms. The van der Waals surface area contributed by atoms with Gasteiger partial charge in [-0.25, -0.2) is 9.97 Å². The zero-order valence-corrected chi connectivity index (χ0v) is 9.55. The van der Waals surface area contributed by atoms with Gasteiger partial charge >= 0.3 is 0 Å². The molecule has 17 heavy (non-hydrogen) atoms. The number of hydrogen-bond donors (Lipinski definition) is 1. The van der Waals surface area contributed by atoms with Gasteiger partial charge in [0.15, 0.2) is 0 Å². The van der Waals surface area contributed by atoms with Crippen LogP contribution in [-0.2, 0) is 0 Å². The molecule has 0 radical (unpaired) electrons. The Balaban J connectivity index is 2.16. The summed E-state index contributed by atoms with van der Waals surface area (Å²) < 4.78 is 5.08. The first-order valence-electron chi connectivity index (χ1n) is 5.18. The van der Waals surface area contributed by atoms with Crippen molar-refractivity contribution in [3.05, 3.63) is 48.8 Å². The second-order valence-electron chi connectivity index (χ2n) is 3.36. The Morgan fingerprint density at radius 2 is 2.00 bits per heavy atom. The first kappa shape index (κ1) is 11.1. The molecule has 1 heterocycles. The van der Waals surface area contributed by atoms with Crippen LogP contribution in [0.4, 0.5) is 11.6 Å². The van der Waals surface area contributed by atoms with Gasteiger partial charge in [0.1, 0.15) is 5.75 Å². The quantitative estimate of drug-likeness (QED) is 0.872. The van der Waals surface area contributed by atoms with Crippen LogP contribution in [0.3, 0.4) is 0 Å². The first-order valence-corrected chi connectivity index (χ1v) is 5.18. The number of methoxy groups -OCH3 is 1. The van der Waals surface area contributed by atoms with E-state index in [4.69, 9.17) is 4.74 Å². The van der Waals surface area contributed by atoms with Crippen molar-refractivity contribution in [2.75, 3.05) is 12.4 Å². The van der Waals surface area contributed by atoms with E-state index in [1.54, 1.807) is 25.4 Å². The lowest BCUT2D eigenvalue weighted by molar-refractivity contribution is 0.415. The SMILES string of the molecule is C=Cc1ccnc(Nc2ccc(OC)cc2)n1. The van der Waals surface area contributed by atoms with Gasteiger partial charge in [0.2, 0.25) is 5.95 Å². The lowest BCUT2D eigenvalue weighted by Crippen LogP contribution is -1.97. The van der Waals surface area contributed by atoms with Crippen molar-refractivity contribution in [2.24, 2.45) is 0 Å². The summed E-state index contributed by atoms with van der Waals surface area (Å²) in [6.45, 7) is 3.67. The summed E-state index contributed by atoms with van der Waals surface area (Å²) in [5, 5.41) is 3.10. The molecule has 1 aromatic carbocycles. The minimum Gasteiger partial charge on any atom is -0.497 e. The van der Waals surface area contributed by atoms with Crippen molar-refractivity contribution in [3.63, 3.8) is 0 Å². The summed E-state index contributed by atoms with van der Waals surface area (Å²) in [7, 11) is 1.64. The van der Waals surface area contributed by atoms with E-state index in [1.165, 1.54) is 0 Å². The Morgan fingerprint density at radius 3 is 2.65 bits per heavy atom. The van der Waals surface area contributed by atoms with Crippen LogP contribution in [0.1, 0.15) is 5.69 Å². The largest absolute Gasteiger partial charge is 0.497 e. The van der Waals surface area contributed by atoms with Gasteiger partial charge in [-0.05, 0) is 36.4 Å². The molecule has 0 amide bonds. The average Bonchev–Trinajstić information content (AvgIpc) is 2.40. The zero-order valence-electron chi connectivity index (χ0n) is 9.55. The molecule has 0 fully saturated rings. The third-order valence-electron chi connectivity index (χ3n) is 2.23. The van der Waals surface area contributed by atoms with Gasteiger partial charge in [-0.3, -0.25) is 0 Å². The van der Waals surface area contributed by atoms with Crippen LogP contribution < -0.4 is 10.1 Å². The summed E-state index contributed by atoms with van der Waals surface area (Å²) in [5.41, 5.74) is 1.70. The molecule has 0 aliphatic rings. The van der Waals surface area contributed by atoms with Crippen LogP contribution >= 0.6 is 0 Å². The first-order chi connectivity index (χ1) is 8.31. The lowest BCUT2D eigenvalue weighted by atomic mass is 10.3. The molecule has 0 atom stereocenters. The highest BCUT2D eigenvalue weighted by Gasteiger charge is 1.98. The Hall–Kier alpha value is -2.36. The molecule has 2 aromatic rings. The van der Waals surface area contributed by atoms with Gasteiger partial charge in [-0.15, -0.1) is 0 Å². The molecule has 2 rings (SSSR count). The van der Waals surface area contributed by atoms with Crippen molar-refractivity contribution in [3.8, 4) is 5.75 Å². The number of hydrogen-bond acceptors (Lipinski definition) is 4.